The zero-order valence-corrected chi connectivity index (χ0v) is 19.5. The maximum absolute atomic E-state index is 12.7. The van der Waals surface area contributed by atoms with Crippen LogP contribution in [-0.2, 0) is 9.59 Å². The Hall–Kier alpha value is -3.15. The number of amides is 3. The molecule has 1 aliphatic rings. The number of hydrogen-bond donors (Lipinski definition) is 2. The van der Waals surface area contributed by atoms with Crippen LogP contribution in [0.3, 0.4) is 0 Å². The Morgan fingerprint density at radius 3 is 2.73 bits per heavy atom. The summed E-state index contributed by atoms with van der Waals surface area (Å²) in [4.78, 5) is 49.7. The molecule has 3 amide bonds. The van der Waals surface area contributed by atoms with Gasteiger partial charge in [-0.3, -0.25) is 29.4 Å². The van der Waals surface area contributed by atoms with E-state index >= 15 is 0 Å². The van der Waals surface area contributed by atoms with Gasteiger partial charge in [-0.05, 0) is 60.5 Å². The SMILES string of the molecule is Cc1cccc(NC(=O)CN2C(=O)S/C(=C\c3ccc(SCCO)c([N+](=O)[O-])c3)C2=O)c1C. The van der Waals surface area contributed by atoms with Crippen molar-refractivity contribution >= 4 is 58.0 Å². The molecule has 172 valence electrons. The Morgan fingerprint density at radius 1 is 1.27 bits per heavy atom. The number of aliphatic hydroxyl groups excluding tert-OH is 1. The van der Waals surface area contributed by atoms with Crippen LogP contribution in [0.25, 0.3) is 6.08 Å². The summed E-state index contributed by atoms with van der Waals surface area (Å²) in [5, 5.41) is 22.5. The van der Waals surface area contributed by atoms with Gasteiger partial charge in [0.05, 0.1) is 21.3 Å². The van der Waals surface area contributed by atoms with Crippen LogP contribution < -0.4 is 5.32 Å². The predicted molar refractivity (Wildman–Crippen MR) is 128 cm³/mol. The highest BCUT2D eigenvalue weighted by molar-refractivity contribution is 8.18. The van der Waals surface area contributed by atoms with Gasteiger partial charge in [0.1, 0.15) is 6.54 Å². The number of thioether (sulfide) groups is 2. The zero-order chi connectivity index (χ0) is 24.1. The van der Waals surface area contributed by atoms with E-state index in [1.54, 1.807) is 18.2 Å². The van der Waals surface area contributed by atoms with E-state index in [9.17, 15) is 24.5 Å². The molecule has 0 aliphatic carbocycles. The van der Waals surface area contributed by atoms with Crippen LogP contribution in [0.2, 0.25) is 0 Å². The van der Waals surface area contributed by atoms with Gasteiger partial charge in [-0.1, -0.05) is 18.2 Å². The average Bonchev–Trinajstić information content (AvgIpc) is 3.03. The third-order valence-electron chi connectivity index (χ3n) is 4.88. The topological polar surface area (TPSA) is 130 Å². The molecule has 3 rings (SSSR count). The van der Waals surface area contributed by atoms with E-state index in [0.717, 1.165) is 27.8 Å². The summed E-state index contributed by atoms with van der Waals surface area (Å²) in [6.07, 6.45) is 1.39. The summed E-state index contributed by atoms with van der Waals surface area (Å²) >= 11 is 1.82. The largest absolute Gasteiger partial charge is 0.396 e. The van der Waals surface area contributed by atoms with Gasteiger partial charge in [0, 0.05) is 17.5 Å². The standard InChI is InChI=1S/C22H21N3O6S2/c1-13-4-3-5-16(14(13)2)23-20(27)12-24-21(28)19(33-22(24)29)11-15-6-7-18(32-9-8-26)17(10-15)25(30)31/h3-7,10-11,26H,8-9,12H2,1-2H3,(H,23,27)/b19-11-. The Kier molecular flexibility index (Phi) is 7.90. The molecular formula is C22H21N3O6S2. The first-order chi connectivity index (χ1) is 15.7. The lowest BCUT2D eigenvalue weighted by molar-refractivity contribution is -0.387. The van der Waals surface area contributed by atoms with Crippen LogP contribution in [0.1, 0.15) is 16.7 Å². The van der Waals surface area contributed by atoms with Gasteiger partial charge in [0.2, 0.25) is 5.91 Å². The van der Waals surface area contributed by atoms with E-state index in [4.69, 9.17) is 5.11 Å². The second kappa shape index (κ2) is 10.6. The smallest absolute Gasteiger partial charge is 0.294 e. The number of nitro benzene ring substituents is 1. The van der Waals surface area contributed by atoms with Crippen LogP contribution in [0, 0.1) is 24.0 Å². The molecule has 1 saturated heterocycles. The maximum atomic E-state index is 12.7. The van der Waals surface area contributed by atoms with Crippen molar-refractivity contribution in [2.24, 2.45) is 0 Å². The van der Waals surface area contributed by atoms with E-state index in [-0.39, 0.29) is 17.2 Å². The van der Waals surface area contributed by atoms with Crippen molar-refractivity contribution in [3.63, 3.8) is 0 Å². The molecule has 1 heterocycles. The molecule has 0 unspecified atom stereocenters. The molecule has 0 aromatic heterocycles. The summed E-state index contributed by atoms with van der Waals surface area (Å²) in [7, 11) is 0. The second-order valence-corrected chi connectivity index (χ2v) is 9.25. The quantitative estimate of drug-likeness (QED) is 0.248. The fourth-order valence-corrected chi connectivity index (χ4v) is 4.65. The van der Waals surface area contributed by atoms with Crippen LogP contribution in [0.15, 0.2) is 46.2 Å². The second-order valence-electron chi connectivity index (χ2n) is 7.12. The van der Waals surface area contributed by atoms with E-state index in [1.807, 2.05) is 19.9 Å². The minimum absolute atomic E-state index is 0.0737. The van der Waals surface area contributed by atoms with E-state index in [0.29, 0.717) is 33.7 Å². The van der Waals surface area contributed by atoms with E-state index in [2.05, 4.69) is 5.32 Å². The third kappa shape index (κ3) is 5.81. The minimum Gasteiger partial charge on any atom is -0.396 e. The van der Waals surface area contributed by atoms with Gasteiger partial charge < -0.3 is 10.4 Å². The fourth-order valence-electron chi connectivity index (χ4n) is 3.05. The van der Waals surface area contributed by atoms with Crippen molar-refractivity contribution in [3.05, 3.63) is 68.1 Å². The van der Waals surface area contributed by atoms with Gasteiger partial charge in [-0.25, -0.2) is 0 Å². The number of nitrogens with zero attached hydrogens (tertiary/aromatic N) is 2. The van der Waals surface area contributed by atoms with Gasteiger partial charge in [0.15, 0.2) is 0 Å². The van der Waals surface area contributed by atoms with Crippen molar-refractivity contribution in [1.29, 1.82) is 0 Å². The number of rotatable bonds is 8. The zero-order valence-electron chi connectivity index (χ0n) is 17.9. The van der Waals surface area contributed by atoms with Crippen molar-refractivity contribution < 1.29 is 24.4 Å². The number of anilines is 1. The van der Waals surface area contributed by atoms with Gasteiger partial charge in [0.25, 0.3) is 16.8 Å². The van der Waals surface area contributed by atoms with Crippen molar-refractivity contribution in [2.75, 3.05) is 24.2 Å². The maximum Gasteiger partial charge on any atom is 0.294 e. The van der Waals surface area contributed by atoms with Crippen molar-refractivity contribution in [1.82, 2.24) is 4.90 Å². The number of benzene rings is 2. The first kappa shape index (κ1) is 24.5. The monoisotopic (exact) mass is 487 g/mol. The first-order valence-corrected chi connectivity index (χ1v) is 11.6. The van der Waals surface area contributed by atoms with Crippen molar-refractivity contribution in [2.45, 2.75) is 18.7 Å². The molecular weight excluding hydrogens is 466 g/mol. The lowest BCUT2D eigenvalue weighted by Gasteiger charge is -2.14. The summed E-state index contributed by atoms with van der Waals surface area (Å²) in [5.41, 5.74) is 2.71. The van der Waals surface area contributed by atoms with E-state index in [1.165, 1.54) is 18.2 Å². The molecule has 1 fully saturated rings. The van der Waals surface area contributed by atoms with Gasteiger partial charge in [-0.15, -0.1) is 11.8 Å². The highest BCUT2D eigenvalue weighted by atomic mass is 32.2. The minimum atomic E-state index is -0.637. The van der Waals surface area contributed by atoms with Crippen LogP contribution >= 0.6 is 23.5 Å². The number of aliphatic hydroxyl groups is 1. The van der Waals surface area contributed by atoms with Gasteiger partial charge >= 0.3 is 0 Å². The molecule has 11 heteroatoms. The fraction of sp³-hybridized carbons (Fsp3) is 0.227. The van der Waals surface area contributed by atoms with Crippen LogP contribution in [0.4, 0.5) is 16.2 Å². The normalized spacial score (nSPS) is 14.8. The van der Waals surface area contributed by atoms with Crippen LogP contribution in [0.5, 0.6) is 0 Å². The van der Waals surface area contributed by atoms with Gasteiger partial charge in [-0.2, -0.15) is 0 Å². The molecule has 0 saturated carbocycles. The average molecular weight is 488 g/mol. The number of nitrogens with one attached hydrogen (secondary N) is 1. The number of hydrogen-bond acceptors (Lipinski definition) is 8. The molecule has 0 atom stereocenters. The number of carbonyl (C=O) groups is 3. The molecule has 1 aliphatic heterocycles. The Bertz CT molecular complexity index is 1160. The lowest BCUT2D eigenvalue weighted by Crippen LogP contribution is -2.36. The number of carbonyl (C=O) groups excluding carboxylic acids is 3. The molecule has 0 radical (unpaired) electrons. The molecule has 9 nitrogen and oxygen atoms in total. The molecule has 2 N–H and O–H groups in total. The first-order valence-electron chi connectivity index (χ1n) is 9.84. The third-order valence-corrected chi connectivity index (χ3v) is 6.83. The van der Waals surface area contributed by atoms with E-state index < -0.39 is 28.5 Å². The predicted octanol–water partition coefficient (Wildman–Crippen LogP) is 3.97. The number of nitro groups is 1. The lowest BCUT2D eigenvalue weighted by atomic mass is 10.1. The molecule has 33 heavy (non-hydrogen) atoms. The van der Waals surface area contributed by atoms with Crippen LogP contribution in [-0.4, -0.2) is 50.9 Å². The highest BCUT2D eigenvalue weighted by Gasteiger charge is 2.36. The summed E-state index contributed by atoms with van der Waals surface area (Å²) in [6.45, 7) is 3.22. The Morgan fingerprint density at radius 2 is 2.03 bits per heavy atom. The molecule has 2 aromatic carbocycles. The molecule has 0 bridgehead atoms. The Labute approximate surface area is 198 Å². The number of aryl methyl sites for hydroxylation is 1. The highest BCUT2D eigenvalue weighted by Crippen LogP contribution is 2.35. The number of imide groups is 1. The molecule has 0 spiro atoms. The summed E-state index contributed by atoms with van der Waals surface area (Å²) < 4.78 is 0. The summed E-state index contributed by atoms with van der Waals surface area (Å²) in [6, 6.07) is 9.88. The molecule has 2 aromatic rings. The Balaban J connectivity index is 1.75. The summed E-state index contributed by atoms with van der Waals surface area (Å²) in [5.74, 6) is -0.834. The van der Waals surface area contributed by atoms with Crippen molar-refractivity contribution in [3.8, 4) is 0 Å².